The molecule has 1 saturated heterocycles. The summed E-state index contributed by atoms with van der Waals surface area (Å²) in [6.45, 7) is 4.88. The van der Waals surface area contributed by atoms with Crippen LogP contribution in [0.2, 0.25) is 0 Å². The Hall–Kier alpha value is 0.360. The first-order valence-electron chi connectivity index (χ1n) is 5.61. The van der Waals surface area contributed by atoms with E-state index >= 15 is 0 Å². The third kappa shape index (κ3) is 5.85. The average molecular weight is 280 g/mol. The summed E-state index contributed by atoms with van der Waals surface area (Å²) in [4.78, 5) is 2.82. The molecule has 1 unspecified atom stereocenters. The smallest absolute Gasteiger partial charge is 0.0600 e. The van der Waals surface area contributed by atoms with Crippen LogP contribution in [-0.4, -0.2) is 56.8 Å². The van der Waals surface area contributed by atoms with Gasteiger partial charge in [-0.1, -0.05) is 15.9 Å². The highest BCUT2D eigenvalue weighted by Gasteiger charge is 2.17. The molecule has 0 aromatic rings. The van der Waals surface area contributed by atoms with E-state index in [9.17, 15) is 0 Å². The number of halogens is 1. The van der Waals surface area contributed by atoms with Gasteiger partial charge in [-0.15, -0.1) is 0 Å². The molecule has 4 heteroatoms. The molecule has 0 saturated carbocycles. The Bertz CT molecular complexity index is 163. The van der Waals surface area contributed by atoms with Crippen molar-refractivity contribution in [1.29, 1.82) is 0 Å². The molecule has 3 nitrogen and oxygen atoms in total. The molecule has 1 aliphatic heterocycles. The standard InChI is InChI=1S/C11H22BrNO2/c1-13(8-11(12)9-14-2)7-10-3-5-15-6-4-10/h10-11H,3-9H2,1-2H3. The lowest BCUT2D eigenvalue weighted by Crippen LogP contribution is -2.34. The van der Waals surface area contributed by atoms with Crippen molar-refractivity contribution in [2.75, 3.05) is 47.1 Å². The lowest BCUT2D eigenvalue weighted by molar-refractivity contribution is 0.0551. The predicted octanol–water partition coefficient (Wildman–Crippen LogP) is 1.75. The summed E-state index contributed by atoms with van der Waals surface area (Å²) in [7, 11) is 3.92. The van der Waals surface area contributed by atoms with Gasteiger partial charge in [0.05, 0.1) is 11.4 Å². The van der Waals surface area contributed by atoms with Crippen molar-refractivity contribution in [2.24, 2.45) is 5.92 Å². The highest BCUT2D eigenvalue weighted by atomic mass is 79.9. The molecule has 1 atom stereocenters. The van der Waals surface area contributed by atoms with Crippen LogP contribution in [0.1, 0.15) is 12.8 Å². The average Bonchev–Trinajstić information content (AvgIpc) is 2.19. The van der Waals surface area contributed by atoms with Gasteiger partial charge < -0.3 is 14.4 Å². The third-order valence-electron chi connectivity index (χ3n) is 2.77. The maximum atomic E-state index is 5.35. The molecule has 0 bridgehead atoms. The molecule has 0 amide bonds. The second kappa shape index (κ2) is 7.60. The molecule has 0 N–H and O–H groups in total. The fraction of sp³-hybridized carbons (Fsp3) is 1.00. The lowest BCUT2D eigenvalue weighted by atomic mass is 10.00. The molecule has 90 valence electrons. The number of methoxy groups -OCH3 is 1. The zero-order chi connectivity index (χ0) is 11.1. The second-order valence-corrected chi connectivity index (χ2v) is 5.62. The predicted molar refractivity (Wildman–Crippen MR) is 65.6 cm³/mol. The van der Waals surface area contributed by atoms with Crippen molar-refractivity contribution >= 4 is 15.9 Å². The van der Waals surface area contributed by atoms with Crippen molar-refractivity contribution in [3.8, 4) is 0 Å². The summed E-state index contributed by atoms with van der Waals surface area (Å²) in [5.74, 6) is 0.811. The summed E-state index contributed by atoms with van der Waals surface area (Å²) in [6, 6.07) is 0. The van der Waals surface area contributed by atoms with Crippen LogP contribution < -0.4 is 0 Å². The maximum absolute atomic E-state index is 5.35. The van der Waals surface area contributed by atoms with Crippen molar-refractivity contribution in [3.05, 3.63) is 0 Å². The first-order chi connectivity index (χ1) is 7.22. The SMILES string of the molecule is COCC(Br)CN(C)CC1CCOCC1. The van der Waals surface area contributed by atoms with Gasteiger partial charge in [-0.3, -0.25) is 0 Å². The normalized spacial score (nSPS) is 20.8. The zero-order valence-corrected chi connectivity index (χ0v) is 11.3. The Morgan fingerprint density at radius 1 is 1.47 bits per heavy atom. The van der Waals surface area contributed by atoms with Crippen LogP contribution in [0.4, 0.5) is 0 Å². The van der Waals surface area contributed by atoms with Crippen LogP contribution in [0.5, 0.6) is 0 Å². The van der Waals surface area contributed by atoms with Gasteiger partial charge in [0.25, 0.3) is 0 Å². The Labute approximate surface area is 101 Å². The van der Waals surface area contributed by atoms with Crippen LogP contribution in [0.3, 0.4) is 0 Å². The van der Waals surface area contributed by atoms with Crippen molar-refractivity contribution in [2.45, 2.75) is 17.7 Å². The number of hydrogen-bond donors (Lipinski definition) is 0. The van der Waals surface area contributed by atoms with E-state index in [-0.39, 0.29) is 0 Å². The number of ether oxygens (including phenoxy) is 2. The number of hydrogen-bond acceptors (Lipinski definition) is 3. The first-order valence-corrected chi connectivity index (χ1v) is 6.53. The third-order valence-corrected chi connectivity index (χ3v) is 3.32. The Balaban J connectivity index is 2.13. The van der Waals surface area contributed by atoms with Gasteiger partial charge >= 0.3 is 0 Å². The molecular formula is C11H22BrNO2. The Morgan fingerprint density at radius 2 is 2.13 bits per heavy atom. The Kier molecular flexibility index (Phi) is 6.81. The minimum absolute atomic E-state index is 0.437. The molecule has 0 aromatic carbocycles. The van der Waals surface area contributed by atoms with Crippen LogP contribution in [-0.2, 0) is 9.47 Å². The molecule has 1 fully saturated rings. The number of nitrogens with zero attached hydrogens (tertiary/aromatic N) is 1. The summed E-state index contributed by atoms with van der Waals surface area (Å²) >= 11 is 3.61. The van der Waals surface area contributed by atoms with Gasteiger partial charge in [0, 0.05) is 33.4 Å². The fourth-order valence-electron chi connectivity index (χ4n) is 2.02. The van der Waals surface area contributed by atoms with E-state index in [4.69, 9.17) is 9.47 Å². The van der Waals surface area contributed by atoms with Gasteiger partial charge in [0.2, 0.25) is 0 Å². The van der Waals surface area contributed by atoms with Gasteiger partial charge in [0.1, 0.15) is 0 Å². The molecule has 0 radical (unpaired) electrons. The van der Waals surface area contributed by atoms with E-state index < -0.39 is 0 Å². The molecule has 1 heterocycles. The minimum Gasteiger partial charge on any atom is -0.383 e. The van der Waals surface area contributed by atoms with Gasteiger partial charge in [-0.05, 0) is 25.8 Å². The second-order valence-electron chi connectivity index (χ2n) is 4.33. The topological polar surface area (TPSA) is 21.7 Å². The van der Waals surface area contributed by atoms with E-state index in [2.05, 4.69) is 27.9 Å². The van der Waals surface area contributed by atoms with Crippen LogP contribution >= 0.6 is 15.9 Å². The minimum atomic E-state index is 0.437. The van der Waals surface area contributed by atoms with Crippen molar-refractivity contribution in [3.63, 3.8) is 0 Å². The fourth-order valence-corrected chi connectivity index (χ4v) is 2.77. The molecule has 1 rings (SSSR count). The number of alkyl halides is 1. The van der Waals surface area contributed by atoms with Crippen LogP contribution in [0, 0.1) is 5.92 Å². The zero-order valence-electron chi connectivity index (χ0n) is 9.75. The highest BCUT2D eigenvalue weighted by molar-refractivity contribution is 9.09. The maximum Gasteiger partial charge on any atom is 0.0600 e. The monoisotopic (exact) mass is 279 g/mol. The van der Waals surface area contributed by atoms with Gasteiger partial charge in [0.15, 0.2) is 0 Å². The van der Waals surface area contributed by atoms with E-state index in [1.165, 1.54) is 19.4 Å². The lowest BCUT2D eigenvalue weighted by Gasteiger charge is -2.28. The van der Waals surface area contributed by atoms with Gasteiger partial charge in [-0.2, -0.15) is 0 Å². The van der Waals surface area contributed by atoms with E-state index in [0.29, 0.717) is 4.83 Å². The highest BCUT2D eigenvalue weighted by Crippen LogP contribution is 2.16. The quantitative estimate of drug-likeness (QED) is 0.692. The summed E-state index contributed by atoms with van der Waals surface area (Å²) in [5.41, 5.74) is 0. The van der Waals surface area contributed by atoms with Crippen LogP contribution in [0.25, 0.3) is 0 Å². The molecule has 0 spiro atoms. The largest absolute Gasteiger partial charge is 0.383 e. The van der Waals surface area contributed by atoms with Gasteiger partial charge in [-0.25, -0.2) is 0 Å². The van der Waals surface area contributed by atoms with Crippen LogP contribution in [0.15, 0.2) is 0 Å². The molecular weight excluding hydrogens is 258 g/mol. The molecule has 0 aliphatic carbocycles. The van der Waals surface area contributed by atoms with Crippen molar-refractivity contribution in [1.82, 2.24) is 4.90 Å². The van der Waals surface area contributed by atoms with E-state index in [0.717, 1.165) is 32.3 Å². The van der Waals surface area contributed by atoms with E-state index in [1.54, 1.807) is 7.11 Å². The summed E-state index contributed by atoms with van der Waals surface area (Å²) in [6.07, 6.45) is 2.42. The first kappa shape index (κ1) is 13.4. The molecule has 0 aromatic heterocycles. The van der Waals surface area contributed by atoms with Crippen molar-refractivity contribution < 1.29 is 9.47 Å². The van der Waals surface area contributed by atoms with E-state index in [1.807, 2.05) is 0 Å². The molecule has 1 aliphatic rings. The number of rotatable bonds is 6. The summed E-state index contributed by atoms with van der Waals surface area (Å²) < 4.78 is 10.5. The Morgan fingerprint density at radius 3 is 2.73 bits per heavy atom. The molecule has 15 heavy (non-hydrogen) atoms. The summed E-state index contributed by atoms with van der Waals surface area (Å²) in [5, 5.41) is 0.